The van der Waals surface area contributed by atoms with Gasteiger partial charge in [-0.1, -0.05) is 48.5 Å². The second-order valence-corrected chi connectivity index (χ2v) is 8.93. The predicted octanol–water partition coefficient (Wildman–Crippen LogP) is 3.40. The van der Waals surface area contributed by atoms with E-state index in [2.05, 4.69) is 22.1 Å². The first-order valence-corrected chi connectivity index (χ1v) is 12.6. The molecule has 0 aliphatic carbocycles. The van der Waals surface area contributed by atoms with Crippen LogP contribution >= 0.6 is 0 Å². The Labute approximate surface area is 215 Å². The zero-order valence-corrected chi connectivity index (χ0v) is 20.9. The molecule has 4 aromatic rings. The van der Waals surface area contributed by atoms with Crippen molar-refractivity contribution in [2.45, 2.75) is 26.2 Å². The first kappa shape index (κ1) is 24.4. The minimum Gasteiger partial charge on any atom is -0.466 e. The monoisotopic (exact) mass is 498 g/mol. The van der Waals surface area contributed by atoms with Gasteiger partial charge in [0.15, 0.2) is 5.65 Å². The van der Waals surface area contributed by atoms with Gasteiger partial charge >= 0.3 is 5.97 Å². The third kappa shape index (κ3) is 5.61. The highest BCUT2D eigenvalue weighted by atomic mass is 16.5. The van der Waals surface area contributed by atoms with E-state index in [-0.39, 0.29) is 24.7 Å². The average molecular weight is 499 g/mol. The van der Waals surface area contributed by atoms with Gasteiger partial charge in [-0.2, -0.15) is 5.10 Å². The summed E-state index contributed by atoms with van der Waals surface area (Å²) in [5, 5.41) is 5.53. The molecule has 2 aromatic carbocycles. The molecule has 0 spiro atoms. The van der Waals surface area contributed by atoms with Gasteiger partial charge in [0.05, 0.1) is 30.3 Å². The van der Waals surface area contributed by atoms with Gasteiger partial charge in [-0.15, -0.1) is 0 Å². The lowest BCUT2D eigenvalue weighted by atomic mass is 10.1. The van der Waals surface area contributed by atoms with Crippen molar-refractivity contribution in [2.24, 2.45) is 0 Å². The molecule has 1 aliphatic heterocycles. The molecular weight excluding hydrogens is 468 g/mol. The number of rotatable bonds is 8. The zero-order valence-electron chi connectivity index (χ0n) is 20.9. The predicted molar refractivity (Wildman–Crippen MR) is 141 cm³/mol. The summed E-state index contributed by atoms with van der Waals surface area (Å²) in [5.74, 6) is 1.19. The second-order valence-electron chi connectivity index (χ2n) is 8.93. The van der Waals surface area contributed by atoms with Crippen LogP contribution in [0, 0.1) is 0 Å². The molecule has 9 heteroatoms. The van der Waals surface area contributed by atoms with E-state index >= 15 is 0 Å². The standard InChI is InChI=1S/C28H30N6O3/c1-2-37-26(36)14-13-25(35)32-15-17-33(18-16-32)27-23-20-29-34(22-11-7-4-8-12-22)28(23)31-24(30-27)19-21-9-5-3-6-10-21/h3-12,20H,2,13-19H2,1H3. The van der Waals surface area contributed by atoms with Crippen LogP contribution in [-0.2, 0) is 20.7 Å². The Kier molecular flexibility index (Phi) is 7.39. The average Bonchev–Trinajstić information content (AvgIpc) is 3.37. The lowest BCUT2D eigenvalue weighted by Gasteiger charge is -2.35. The molecular formula is C28H30N6O3. The highest BCUT2D eigenvalue weighted by Gasteiger charge is 2.25. The van der Waals surface area contributed by atoms with E-state index in [1.54, 1.807) is 6.92 Å². The van der Waals surface area contributed by atoms with E-state index in [4.69, 9.17) is 14.7 Å². The van der Waals surface area contributed by atoms with Crippen molar-refractivity contribution in [1.29, 1.82) is 0 Å². The molecule has 0 radical (unpaired) electrons. The molecule has 1 saturated heterocycles. The molecule has 0 bridgehead atoms. The van der Waals surface area contributed by atoms with E-state index in [1.165, 1.54) is 0 Å². The quantitative estimate of drug-likeness (QED) is 0.344. The fraction of sp³-hybridized carbons (Fsp3) is 0.321. The minimum atomic E-state index is -0.334. The van der Waals surface area contributed by atoms with Crippen LogP contribution in [0.1, 0.15) is 31.2 Å². The zero-order chi connectivity index (χ0) is 25.6. The molecule has 0 unspecified atom stereocenters. The summed E-state index contributed by atoms with van der Waals surface area (Å²) < 4.78 is 6.79. The lowest BCUT2D eigenvalue weighted by molar-refractivity contribution is -0.145. The van der Waals surface area contributed by atoms with E-state index in [0.717, 1.165) is 33.9 Å². The summed E-state index contributed by atoms with van der Waals surface area (Å²) in [6.45, 7) is 4.49. The van der Waals surface area contributed by atoms with Crippen LogP contribution in [0.3, 0.4) is 0 Å². The molecule has 3 heterocycles. The number of anilines is 1. The van der Waals surface area contributed by atoms with Crippen molar-refractivity contribution in [3.8, 4) is 5.69 Å². The molecule has 1 amide bonds. The van der Waals surface area contributed by atoms with Crippen molar-refractivity contribution < 1.29 is 14.3 Å². The Hall–Kier alpha value is -4.27. The number of carbonyl (C=O) groups excluding carboxylic acids is 2. The number of para-hydroxylation sites is 1. The van der Waals surface area contributed by atoms with Gasteiger partial charge < -0.3 is 14.5 Å². The third-order valence-electron chi connectivity index (χ3n) is 6.44. The van der Waals surface area contributed by atoms with Crippen LogP contribution < -0.4 is 4.90 Å². The number of benzene rings is 2. The maximum atomic E-state index is 12.6. The Morgan fingerprint density at radius 3 is 2.30 bits per heavy atom. The summed E-state index contributed by atoms with van der Waals surface area (Å²) >= 11 is 0. The van der Waals surface area contributed by atoms with Crippen LogP contribution in [0.15, 0.2) is 66.9 Å². The molecule has 0 N–H and O–H groups in total. The maximum absolute atomic E-state index is 12.6. The summed E-state index contributed by atoms with van der Waals surface area (Å²) in [6, 6.07) is 20.1. The van der Waals surface area contributed by atoms with E-state index in [9.17, 15) is 9.59 Å². The number of ether oxygens (including phenoxy) is 1. The molecule has 5 rings (SSSR count). The topological polar surface area (TPSA) is 93.5 Å². The van der Waals surface area contributed by atoms with Gasteiger partial charge in [-0.05, 0) is 24.6 Å². The van der Waals surface area contributed by atoms with Crippen LogP contribution in [0.5, 0.6) is 0 Å². The summed E-state index contributed by atoms with van der Waals surface area (Å²) in [4.78, 5) is 38.2. The van der Waals surface area contributed by atoms with Gasteiger partial charge in [0.1, 0.15) is 11.6 Å². The molecule has 2 aromatic heterocycles. The van der Waals surface area contributed by atoms with Crippen LogP contribution in [0.2, 0.25) is 0 Å². The third-order valence-corrected chi connectivity index (χ3v) is 6.44. The normalized spacial score (nSPS) is 13.6. The van der Waals surface area contributed by atoms with Gasteiger partial charge in [-0.3, -0.25) is 9.59 Å². The smallest absolute Gasteiger partial charge is 0.306 e. The van der Waals surface area contributed by atoms with E-state index in [0.29, 0.717) is 39.2 Å². The number of hydrogen-bond donors (Lipinski definition) is 0. The first-order valence-electron chi connectivity index (χ1n) is 12.6. The number of carbonyl (C=O) groups is 2. The second kappa shape index (κ2) is 11.2. The molecule has 9 nitrogen and oxygen atoms in total. The maximum Gasteiger partial charge on any atom is 0.306 e. The van der Waals surface area contributed by atoms with Crippen molar-refractivity contribution >= 4 is 28.7 Å². The number of hydrogen-bond acceptors (Lipinski definition) is 7. The van der Waals surface area contributed by atoms with Crippen LogP contribution in [-0.4, -0.2) is 69.3 Å². The fourth-order valence-electron chi connectivity index (χ4n) is 4.56. The van der Waals surface area contributed by atoms with Gasteiger partial charge in [0, 0.05) is 39.0 Å². The summed E-state index contributed by atoms with van der Waals surface area (Å²) in [6.07, 6.45) is 2.71. The van der Waals surface area contributed by atoms with Crippen molar-refractivity contribution in [1.82, 2.24) is 24.6 Å². The summed E-state index contributed by atoms with van der Waals surface area (Å²) in [7, 11) is 0. The number of nitrogens with zero attached hydrogens (tertiary/aromatic N) is 6. The van der Waals surface area contributed by atoms with E-state index < -0.39 is 0 Å². The number of amides is 1. The molecule has 37 heavy (non-hydrogen) atoms. The number of esters is 1. The van der Waals surface area contributed by atoms with Crippen molar-refractivity contribution in [3.63, 3.8) is 0 Å². The first-order chi connectivity index (χ1) is 18.1. The Bertz CT molecular complexity index is 1360. The van der Waals surface area contributed by atoms with Crippen molar-refractivity contribution in [2.75, 3.05) is 37.7 Å². The molecule has 190 valence electrons. The Morgan fingerprint density at radius 1 is 0.892 bits per heavy atom. The molecule has 1 aliphatic rings. The van der Waals surface area contributed by atoms with Gasteiger partial charge in [-0.25, -0.2) is 14.6 Å². The van der Waals surface area contributed by atoms with Crippen LogP contribution in [0.25, 0.3) is 16.7 Å². The minimum absolute atomic E-state index is 0.0257. The largest absolute Gasteiger partial charge is 0.466 e. The molecule has 0 saturated carbocycles. The van der Waals surface area contributed by atoms with E-state index in [1.807, 2.05) is 64.3 Å². The fourth-order valence-corrected chi connectivity index (χ4v) is 4.56. The number of aromatic nitrogens is 4. The number of fused-ring (bicyclic) bond motifs is 1. The SMILES string of the molecule is CCOC(=O)CCC(=O)N1CCN(c2nc(Cc3ccccc3)nc3c2cnn3-c2ccccc2)CC1. The molecule has 1 fully saturated rings. The van der Waals surface area contributed by atoms with Gasteiger partial charge in [0.2, 0.25) is 5.91 Å². The van der Waals surface area contributed by atoms with Gasteiger partial charge in [0.25, 0.3) is 0 Å². The summed E-state index contributed by atoms with van der Waals surface area (Å²) in [5.41, 5.74) is 2.83. The Balaban J connectivity index is 1.39. The highest BCUT2D eigenvalue weighted by Crippen LogP contribution is 2.27. The van der Waals surface area contributed by atoms with Crippen LogP contribution in [0.4, 0.5) is 5.82 Å². The highest BCUT2D eigenvalue weighted by molar-refractivity contribution is 5.88. The number of piperazine rings is 1. The Morgan fingerprint density at radius 2 is 1.59 bits per heavy atom. The van der Waals surface area contributed by atoms with Crippen molar-refractivity contribution in [3.05, 3.63) is 78.2 Å². The lowest BCUT2D eigenvalue weighted by Crippen LogP contribution is -2.49. The molecule has 0 atom stereocenters.